The van der Waals surface area contributed by atoms with Crippen molar-refractivity contribution in [2.75, 3.05) is 25.1 Å². The van der Waals surface area contributed by atoms with Gasteiger partial charge in [-0.25, -0.2) is 4.79 Å². The average Bonchev–Trinajstić information content (AvgIpc) is 3.30. The summed E-state index contributed by atoms with van der Waals surface area (Å²) in [6, 6.07) is -4.06. The number of aliphatic carboxylic acids is 1. The first-order valence-electron chi connectivity index (χ1n) is 11.7. The van der Waals surface area contributed by atoms with E-state index in [0.29, 0.717) is 44.5 Å². The Morgan fingerprint density at radius 1 is 1.08 bits per heavy atom. The van der Waals surface area contributed by atoms with Crippen LogP contribution in [-0.2, 0) is 24.0 Å². The summed E-state index contributed by atoms with van der Waals surface area (Å²) in [6.45, 7) is 0.643. The first kappa shape index (κ1) is 31.0. The van der Waals surface area contributed by atoms with E-state index in [0.717, 1.165) is 0 Å². The Labute approximate surface area is 214 Å². The van der Waals surface area contributed by atoms with E-state index in [1.54, 1.807) is 6.26 Å². The molecule has 0 radical (unpaired) electrons. The maximum absolute atomic E-state index is 13.1. The SMILES string of the molecule is CSCCC(NC(=O)C(CCC(N)=O)NC(=O)C1CCCN1C(=O)C(N)CCCN=C(N)N)C(=O)O. The second-order valence-electron chi connectivity index (χ2n) is 8.49. The zero-order valence-electron chi connectivity index (χ0n) is 20.5. The Kier molecular flexibility index (Phi) is 13.6. The largest absolute Gasteiger partial charge is 0.480 e. The number of aliphatic imine (C=N–C) groups is 1. The molecule has 0 aromatic carbocycles. The second kappa shape index (κ2) is 15.8. The quantitative estimate of drug-likeness (QED) is 0.0624. The molecular formula is C21H38N8O6S. The molecule has 1 heterocycles. The van der Waals surface area contributed by atoms with Gasteiger partial charge in [-0.2, -0.15) is 11.8 Å². The molecule has 1 aliphatic heterocycles. The number of carbonyl (C=O) groups is 5. The number of hydrogen-bond acceptors (Lipinski definition) is 8. The van der Waals surface area contributed by atoms with E-state index in [2.05, 4.69) is 15.6 Å². The summed E-state index contributed by atoms with van der Waals surface area (Å²) in [5.41, 5.74) is 21.8. The number of nitrogens with one attached hydrogen (secondary N) is 2. The van der Waals surface area contributed by atoms with Crippen LogP contribution >= 0.6 is 11.8 Å². The number of carbonyl (C=O) groups excluding carboxylic acids is 4. The molecule has 1 saturated heterocycles. The van der Waals surface area contributed by atoms with E-state index in [9.17, 15) is 29.1 Å². The molecule has 0 bridgehead atoms. The molecule has 4 unspecified atom stereocenters. The van der Waals surface area contributed by atoms with Crippen molar-refractivity contribution < 1.29 is 29.1 Å². The van der Waals surface area contributed by atoms with Crippen LogP contribution in [0.5, 0.6) is 0 Å². The number of carboxylic acids is 1. The molecule has 0 spiro atoms. The summed E-state index contributed by atoms with van der Waals surface area (Å²) in [5.74, 6) is -3.18. The van der Waals surface area contributed by atoms with Crippen molar-refractivity contribution in [3.05, 3.63) is 0 Å². The highest BCUT2D eigenvalue weighted by Crippen LogP contribution is 2.19. The molecule has 36 heavy (non-hydrogen) atoms. The maximum atomic E-state index is 13.1. The summed E-state index contributed by atoms with van der Waals surface area (Å²) in [7, 11) is 0. The van der Waals surface area contributed by atoms with Crippen molar-refractivity contribution in [1.29, 1.82) is 0 Å². The summed E-state index contributed by atoms with van der Waals surface area (Å²) in [5, 5.41) is 14.4. The Morgan fingerprint density at radius 3 is 2.36 bits per heavy atom. The number of guanidine groups is 1. The number of thioether (sulfide) groups is 1. The number of nitrogens with zero attached hydrogens (tertiary/aromatic N) is 2. The van der Waals surface area contributed by atoms with Gasteiger partial charge in [0.2, 0.25) is 23.6 Å². The fourth-order valence-corrected chi connectivity index (χ4v) is 4.22. The first-order chi connectivity index (χ1) is 17.0. The van der Waals surface area contributed by atoms with Gasteiger partial charge in [0.1, 0.15) is 18.1 Å². The third-order valence-electron chi connectivity index (χ3n) is 5.66. The number of nitrogens with two attached hydrogens (primary N) is 4. The molecule has 1 rings (SSSR count). The number of hydrogen-bond donors (Lipinski definition) is 7. The van der Waals surface area contributed by atoms with Gasteiger partial charge in [0.05, 0.1) is 6.04 Å². The van der Waals surface area contributed by atoms with Crippen molar-refractivity contribution in [3.8, 4) is 0 Å². The first-order valence-corrected chi connectivity index (χ1v) is 13.1. The summed E-state index contributed by atoms with van der Waals surface area (Å²) >= 11 is 1.43. The standard InChI is InChI=1S/C21H38N8O6S/c1-36-11-8-14(20(34)35)28-17(31)13(6-7-16(23)30)27-18(32)15-5-3-10-29(15)19(33)12(22)4-2-9-26-21(24)25/h12-15H,2-11,22H2,1H3,(H2,23,30)(H,27,32)(H,28,31)(H,34,35)(H4,24,25,26). The number of amides is 4. The highest BCUT2D eigenvalue weighted by molar-refractivity contribution is 7.98. The number of likely N-dealkylation sites (tertiary alicyclic amines) is 1. The van der Waals surface area contributed by atoms with Gasteiger partial charge in [-0.15, -0.1) is 0 Å². The van der Waals surface area contributed by atoms with Crippen LogP contribution in [0.3, 0.4) is 0 Å². The number of rotatable bonds is 16. The third-order valence-corrected chi connectivity index (χ3v) is 6.30. The van der Waals surface area contributed by atoms with E-state index in [4.69, 9.17) is 22.9 Å². The molecule has 1 aliphatic rings. The molecule has 14 nitrogen and oxygen atoms in total. The van der Waals surface area contributed by atoms with E-state index in [1.807, 2.05) is 0 Å². The zero-order valence-corrected chi connectivity index (χ0v) is 21.3. The number of carboxylic acid groups (broad SMARTS) is 1. The Hall–Kier alpha value is -3.07. The van der Waals surface area contributed by atoms with Crippen LogP contribution in [0.1, 0.15) is 44.9 Å². The summed E-state index contributed by atoms with van der Waals surface area (Å²) in [6.07, 6.45) is 3.41. The van der Waals surface area contributed by atoms with Gasteiger partial charge in [-0.3, -0.25) is 24.2 Å². The van der Waals surface area contributed by atoms with Crippen LogP contribution < -0.4 is 33.6 Å². The minimum Gasteiger partial charge on any atom is -0.480 e. The Balaban J connectivity index is 2.86. The van der Waals surface area contributed by atoms with Crippen LogP contribution in [0.2, 0.25) is 0 Å². The molecule has 204 valence electrons. The van der Waals surface area contributed by atoms with E-state index >= 15 is 0 Å². The van der Waals surface area contributed by atoms with Gasteiger partial charge in [-0.1, -0.05) is 0 Å². The van der Waals surface area contributed by atoms with E-state index in [-0.39, 0.29) is 25.2 Å². The molecule has 0 saturated carbocycles. The molecule has 0 aliphatic carbocycles. The smallest absolute Gasteiger partial charge is 0.326 e. The van der Waals surface area contributed by atoms with Crippen molar-refractivity contribution >= 4 is 47.3 Å². The van der Waals surface area contributed by atoms with Crippen molar-refractivity contribution in [1.82, 2.24) is 15.5 Å². The highest BCUT2D eigenvalue weighted by Gasteiger charge is 2.37. The lowest BCUT2D eigenvalue weighted by Gasteiger charge is -2.28. The minimum absolute atomic E-state index is 0.0555. The maximum Gasteiger partial charge on any atom is 0.326 e. The number of primary amides is 1. The van der Waals surface area contributed by atoms with Crippen LogP contribution in [0.15, 0.2) is 4.99 Å². The lowest BCUT2D eigenvalue weighted by atomic mass is 10.1. The molecule has 0 aromatic rings. The van der Waals surface area contributed by atoms with Crippen molar-refractivity contribution in [2.24, 2.45) is 27.9 Å². The van der Waals surface area contributed by atoms with Crippen LogP contribution in [-0.4, -0.2) is 94.8 Å². The molecule has 1 fully saturated rings. The lowest BCUT2D eigenvalue weighted by molar-refractivity contribution is -0.143. The summed E-state index contributed by atoms with van der Waals surface area (Å²) < 4.78 is 0. The Morgan fingerprint density at radius 2 is 1.78 bits per heavy atom. The van der Waals surface area contributed by atoms with Gasteiger partial charge >= 0.3 is 5.97 Å². The van der Waals surface area contributed by atoms with Crippen LogP contribution in [0.4, 0.5) is 0 Å². The van der Waals surface area contributed by atoms with E-state index in [1.165, 1.54) is 16.7 Å². The topological polar surface area (TPSA) is 249 Å². The van der Waals surface area contributed by atoms with E-state index < -0.39 is 53.8 Å². The predicted molar refractivity (Wildman–Crippen MR) is 136 cm³/mol. The van der Waals surface area contributed by atoms with Crippen molar-refractivity contribution in [2.45, 2.75) is 69.1 Å². The summed E-state index contributed by atoms with van der Waals surface area (Å²) in [4.78, 5) is 66.8. The molecule has 4 amide bonds. The van der Waals surface area contributed by atoms with Crippen LogP contribution in [0.25, 0.3) is 0 Å². The molecule has 15 heteroatoms. The fourth-order valence-electron chi connectivity index (χ4n) is 3.75. The second-order valence-corrected chi connectivity index (χ2v) is 9.48. The lowest BCUT2D eigenvalue weighted by Crippen LogP contribution is -2.56. The predicted octanol–water partition coefficient (Wildman–Crippen LogP) is -2.57. The van der Waals surface area contributed by atoms with Crippen molar-refractivity contribution in [3.63, 3.8) is 0 Å². The average molecular weight is 531 g/mol. The zero-order chi connectivity index (χ0) is 27.3. The van der Waals surface area contributed by atoms with Gasteiger partial charge < -0.3 is 43.6 Å². The van der Waals surface area contributed by atoms with Crippen LogP contribution in [0, 0.1) is 0 Å². The highest BCUT2D eigenvalue weighted by atomic mass is 32.2. The van der Waals surface area contributed by atoms with Gasteiger partial charge in [0.25, 0.3) is 0 Å². The molecule has 11 N–H and O–H groups in total. The van der Waals surface area contributed by atoms with Gasteiger partial charge in [0.15, 0.2) is 5.96 Å². The normalized spacial score (nSPS) is 17.5. The third kappa shape index (κ3) is 10.7. The van der Waals surface area contributed by atoms with Gasteiger partial charge in [0, 0.05) is 19.5 Å². The fraction of sp³-hybridized carbons (Fsp3) is 0.714. The molecule has 4 atom stereocenters. The molecule has 0 aromatic heterocycles. The molecular weight excluding hydrogens is 492 g/mol. The minimum atomic E-state index is -1.21. The van der Waals surface area contributed by atoms with Gasteiger partial charge in [-0.05, 0) is 50.5 Å². The Bertz CT molecular complexity index is 822. The monoisotopic (exact) mass is 530 g/mol.